The summed E-state index contributed by atoms with van der Waals surface area (Å²) in [4.78, 5) is 4.12. The van der Waals surface area contributed by atoms with Crippen molar-refractivity contribution in [3.63, 3.8) is 0 Å². The summed E-state index contributed by atoms with van der Waals surface area (Å²) < 4.78 is 5.71. The number of hydrogen-bond acceptors (Lipinski definition) is 4. The van der Waals surface area contributed by atoms with Crippen LogP contribution in [0.4, 0.5) is 0 Å². The average Bonchev–Trinajstić information content (AvgIpc) is 2.48. The van der Waals surface area contributed by atoms with E-state index < -0.39 is 0 Å². The van der Waals surface area contributed by atoms with Crippen molar-refractivity contribution in [2.45, 2.75) is 13.3 Å². The van der Waals surface area contributed by atoms with Gasteiger partial charge in [0.2, 0.25) is 5.88 Å². The van der Waals surface area contributed by atoms with Gasteiger partial charge in [-0.1, -0.05) is 30.3 Å². The summed E-state index contributed by atoms with van der Waals surface area (Å²) in [6.07, 6.45) is 2.39. The molecule has 1 heterocycles. The van der Waals surface area contributed by atoms with Gasteiger partial charge in [0.1, 0.15) is 5.75 Å². The summed E-state index contributed by atoms with van der Waals surface area (Å²) >= 11 is 0. The molecule has 0 aliphatic carbocycles. The lowest BCUT2D eigenvalue weighted by Crippen LogP contribution is -2.13. The minimum absolute atomic E-state index is 0.0213. The first kappa shape index (κ1) is 12.9. The predicted octanol–water partition coefficient (Wildman–Crippen LogP) is 2.53. The standard InChI is InChI=1S/C14H15N3O2/c1-2-10-5-3-4-6-12(10)19-13-8-7-11(9-16-13)14(15)17-18/h3-9,18H,2H2,1H3,(H2,15,17). The third-order valence-corrected chi connectivity index (χ3v) is 2.71. The van der Waals surface area contributed by atoms with E-state index in [1.165, 1.54) is 6.20 Å². The number of rotatable bonds is 4. The minimum atomic E-state index is 0.0213. The Morgan fingerprint density at radius 3 is 2.74 bits per heavy atom. The first-order valence-electron chi connectivity index (χ1n) is 5.94. The number of ether oxygens (including phenoxy) is 1. The molecule has 0 spiro atoms. The quantitative estimate of drug-likeness (QED) is 0.381. The maximum Gasteiger partial charge on any atom is 0.219 e. The van der Waals surface area contributed by atoms with E-state index in [4.69, 9.17) is 15.7 Å². The van der Waals surface area contributed by atoms with Crippen LogP contribution in [-0.4, -0.2) is 16.0 Å². The van der Waals surface area contributed by atoms with Crippen molar-refractivity contribution >= 4 is 5.84 Å². The van der Waals surface area contributed by atoms with Gasteiger partial charge < -0.3 is 15.7 Å². The fourth-order valence-corrected chi connectivity index (χ4v) is 1.66. The van der Waals surface area contributed by atoms with Gasteiger partial charge in [-0.25, -0.2) is 4.98 Å². The van der Waals surface area contributed by atoms with E-state index in [1.54, 1.807) is 12.1 Å². The molecular weight excluding hydrogens is 242 g/mol. The second kappa shape index (κ2) is 5.86. The van der Waals surface area contributed by atoms with Crippen LogP contribution in [0.2, 0.25) is 0 Å². The van der Waals surface area contributed by atoms with Crippen LogP contribution in [0, 0.1) is 0 Å². The van der Waals surface area contributed by atoms with Crippen LogP contribution < -0.4 is 10.5 Å². The first-order valence-corrected chi connectivity index (χ1v) is 5.94. The molecule has 98 valence electrons. The topological polar surface area (TPSA) is 80.7 Å². The van der Waals surface area contributed by atoms with E-state index in [0.29, 0.717) is 11.4 Å². The molecule has 2 rings (SSSR count). The van der Waals surface area contributed by atoms with Crippen molar-refractivity contribution in [3.05, 3.63) is 53.7 Å². The largest absolute Gasteiger partial charge is 0.439 e. The number of pyridine rings is 1. The summed E-state index contributed by atoms with van der Waals surface area (Å²) in [5.74, 6) is 1.28. The second-order valence-electron chi connectivity index (χ2n) is 3.93. The van der Waals surface area contributed by atoms with Gasteiger partial charge in [0.05, 0.1) is 0 Å². The van der Waals surface area contributed by atoms with Gasteiger partial charge in [0.15, 0.2) is 5.84 Å². The van der Waals surface area contributed by atoms with Gasteiger partial charge in [-0.05, 0) is 24.1 Å². The Kier molecular flexibility index (Phi) is 3.97. The number of para-hydroxylation sites is 1. The van der Waals surface area contributed by atoms with E-state index in [-0.39, 0.29) is 5.84 Å². The Bertz CT molecular complexity index is 579. The van der Waals surface area contributed by atoms with Crippen LogP contribution in [0.25, 0.3) is 0 Å². The molecule has 3 N–H and O–H groups in total. The zero-order chi connectivity index (χ0) is 13.7. The van der Waals surface area contributed by atoms with Crippen LogP contribution in [0.1, 0.15) is 18.1 Å². The monoisotopic (exact) mass is 257 g/mol. The molecule has 0 fully saturated rings. The van der Waals surface area contributed by atoms with Crippen LogP contribution in [0.3, 0.4) is 0 Å². The van der Waals surface area contributed by atoms with Gasteiger partial charge in [0.25, 0.3) is 0 Å². The Hall–Kier alpha value is -2.56. The fourth-order valence-electron chi connectivity index (χ4n) is 1.66. The van der Waals surface area contributed by atoms with Crippen LogP contribution >= 0.6 is 0 Å². The number of nitrogens with two attached hydrogens (primary N) is 1. The van der Waals surface area contributed by atoms with Crippen LogP contribution in [0.15, 0.2) is 47.8 Å². The number of nitrogens with zero attached hydrogens (tertiary/aromatic N) is 2. The summed E-state index contributed by atoms with van der Waals surface area (Å²) in [7, 11) is 0. The predicted molar refractivity (Wildman–Crippen MR) is 72.6 cm³/mol. The number of hydrogen-bond donors (Lipinski definition) is 2. The molecule has 1 aromatic heterocycles. The van der Waals surface area contributed by atoms with Crippen molar-refractivity contribution in [2.75, 3.05) is 0 Å². The van der Waals surface area contributed by atoms with Crippen molar-refractivity contribution in [1.29, 1.82) is 0 Å². The van der Waals surface area contributed by atoms with E-state index >= 15 is 0 Å². The van der Waals surface area contributed by atoms with Gasteiger partial charge in [0, 0.05) is 17.8 Å². The number of amidine groups is 1. The zero-order valence-corrected chi connectivity index (χ0v) is 10.6. The smallest absolute Gasteiger partial charge is 0.219 e. The normalized spacial score (nSPS) is 11.3. The van der Waals surface area contributed by atoms with Gasteiger partial charge in [-0.15, -0.1) is 0 Å². The molecule has 0 unspecified atom stereocenters. The SMILES string of the molecule is CCc1ccccc1Oc1ccc(/C(N)=N/O)cn1. The highest BCUT2D eigenvalue weighted by Gasteiger charge is 2.05. The van der Waals surface area contributed by atoms with Crippen molar-refractivity contribution in [3.8, 4) is 11.6 Å². The van der Waals surface area contributed by atoms with Crippen LogP contribution in [-0.2, 0) is 6.42 Å². The molecule has 0 radical (unpaired) electrons. The highest BCUT2D eigenvalue weighted by molar-refractivity contribution is 5.96. The Balaban J connectivity index is 2.20. The number of aryl methyl sites for hydroxylation is 1. The Morgan fingerprint density at radius 1 is 1.32 bits per heavy atom. The lowest BCUT2D eigenvalue weighted by molar-refractivity contribution is 0.318. The molecular formula is C14H15N3O2. The maximum atomic E-state index is 8.56. The Morgan fingerprint density at radius 2 is 2.11 bits per heavy atom. The molecule has 0 aliphatic heterocycles. The molecule has 0 bridgehead atoms. The first-order chi connectivity index (χ1) is 9.24. The van der Waals surface area contributed by atoms with E-state index in [1.807, 2.05) is 24.3 Å². The number of benzene rings is 1. The molecule has 0 saturated carbocycles. The Labute approximate surface area is 111 Å². The molecule has 5 nitrogen and oxygen atoms in total. The molecule has 0 aliphatic rings. The van der Waals surface area contributed by atoms with E-state index in [2.05, 4.69) is 17.1 Å². The second-order valence-corrected chi connectivity index (χ2v) is 3.93. The van der Waals surface area contributed by atoms with Gasteiger partial charge >= 0.3 is 0 Å². The van der Waals surface area contributed by atoms with E-state index in [9.17, 15) is 0 Å². The third kappa shape index (κ3) is 3.01. The minimum Gasteiger partial charge on any atom is -0.439 e. The molecule has 0 amide bonds. The average molecular weight is 257 g/mol. The van der Waals surface area contributed by atoms with E-state index in [0.717, 1.165) is 17.7 Å². The maximum absolute atomic E-state index is 8.56. The summed E-state index contributed by atoms with van der Waals surface area (Å²) in [6, 6.07) is 11.2. The number of aromatic nitrogens is 1. The molecule has 0 atom stereocenters. The molecule has 5 heteroatoms. The fraction of sp³-hybridized carbons (Fsp3) is 0.143. The lowest BCUT2D eigenvalue weighted by atomic mass is 10.1. The highest BCUT2D eigenvalue weighted by Crippen LogP contribution is 2.24. The van der Waals surface area contributed by atoms with Crippen molar-refractivity contribution in [1.82, 2.24) is 4.98 Å². The summed E-state index contributed by atoms with van der Waals surface area (Å²) in [5, 5.41) is 11.5. The van der Waals surface area contributed by atoms with Crippen LogP contribution in [0.5, 0.6) is 11.6 Å². The van der Waals surface area contributed by atoms with Crippen molar-refractivity contribution in [2.24, 2.45) is 10.9 Å². The molecule has 2 aromatic rings. The summed E-state index contributed by atoms with van der Waals surface area (Å²) in [6.45, 7) is 2.07. The summed E-state index contributed by atoms with van der Waals surface area (Å²) in [5.41, 5.74) is 7.12. The number of oxime groups is 1. The van der Waals surface area contributed by atoms with Gasteiger partial charge in [-0.3, -0.25) is 0 Å². The highest BCUT2D eigenvalue weighted by atomic mass is 16.5. The lowest BCUT2D eigenvalue weighted by Gasteiger charge is -2.09. The molecule has 19 heavy (non-hydrogen) atoms. The third-order valence-electron chi connectivity index (χ3n) is 2.71. The van der Waals surface area contributed by atoms with Gasteiger partial charge in [-0.2, -0.15) is 0 Å². The molecule has 1 aromatic carbocycles. The molecule has 0 saturated heterocycles. The zero-order valence-electron chi connectivity index (χ0n) is 10.6. The van der Waals surface area contributed by atoms with Crippen molar-refractivity contribution < 1.29 is 9.94 Å².